The van der Waals surface area contributed by atoms with E-state index in [9.17, 15) is 0 Å². The number of amides is 2. The number of fused-ring (bicyclic) bond motifs is 1. The quantitative estimate of drug-likeness (QED) is 0.0716. The third-order valence-electron chi connectivity index (χ3n) is 13.1. The van der Waals surface area contributed by atoms with Gasteiger partial charge in [0.1, 0.15) is 0 Å². The smallest absolute Gasteiger partial charge is 0.266 e. The van der Waals surface area contributed by atoms with Gasteiger partial charge < -0.3 is 0 Å². The van der Waals surface area contributed by atoms with Gasteiger partial charge in [-0.3, -0.25) is 19.4 Å². The molecular weight excluding hydrogens is 885 g/mol. The van der Waals surface area contributed by atoms with Crippen molar-refractivity contribution in [3.05, 3.63) is 139 Å². The van der Waals surface area contributed by atoms with Gasteiger partial charge in [-0.2, -0.15) is 0 Å². The van der Waals surface area contributed by atoms with Crippen molar-refractivity contribution in [3.8, 4) is 19.5 Å². The van der Waals surface area contributed by atoms with Gasteiger partial charge in [-0.05, 0) is 130 Å². The zero-order valence-electron chi connectivity index (χ0n) is 40.5. The van der Waals surface area contributed by atoms with Gasteiger partial charge in [0.15, 0.2) is 0 Å². The van der Waals surface area contributed by atoms with Crippen molar-refractivity contribution in [1.82, 2.24) is 0 Å². The van der Waals surface area contributed by atoms with E-state index in [0.717, 1.165) is 43.7 Å². The minimum Gasteiger partial charge on any atom is -0.274 e. The fraction of sp³-hybridized carbons (Fsp3) is 0.414. The van der Waals surface area contributed by atoms with Gasteiger partial charge in [-0.1, -0.05) is 144 Å². The Labute approximate surface area is 411 Å². The van der Waals surface area contributed by atoms with Gasteiger partial charge in [0.25, 0.3) is 11.8 Å². The van der Waals surface area contributed by atoms with Crippen LogP contribution in [0.1, 0.15) is 164 Å². The summed E-state index contributed by atoms with van der Waals surface area (Å²) in [6.07, 6.45) is 17.6. The lowest BCUT2D eigenvalue weighted by Gasteiger charge is -2.23. The molecule has 4 nitrogen and oxygen atoms in total. The average Bonchev–Trinajstić information content (AvgIpc) is 4.16. The van der Waals surface area contributed by atoms with Crippen molar-refractivity contribution < 1.29 is 9.59 Å². The third-order valence-corrected chi connectivity index (χ3v) is 17.7. The van der Waals surface area contributed by atoms with Gasteiger partial charge in [-0.25, -0.2) is 0 Å². The molecule has 66 heavy (non-hydrogen) atoms. The number of benzene rings is 2. The van der Waals surface area contributed by atoms with Gasteiger partial charge in [0, 0.05) is 40.6 Å². The summed E-state index contributed by atoms with van der Waals surface area (Å²) in [7, 11) is 0. The molecule has 0 atom stereocenters. The van der Waals surface area contributed by atoms with Gasteiger partial charge in [-0.15, -0.1) is 45.3 Å². The number of aryl methyl sites for hydroxylation is 2. The Kier molecular flexibility index (Phi) is 15.2. The van der Waals surface area contributed by atoms with Gasteiger partial charge in [0.05, 0.1) is 22.5 Å². The molecule has 2 aromatic carbocycles. The molecule has 0 aliphatic carbocycles. The highest BCUT2D eigenvalue weighted by Crippen LogP contribution is 2.53. The lowest BCUT2D eigenvalue weighted by atomic mass is 9.87. The minimum atomic E-state index is -0.109. The summed E-state index contributed by atoms with van der Waals surface area (Å²) in [6.45, 7) is 17.8. The number of thiophene rings is 4. The van der Waals surface area contributed by atoms with Crippen molar-refractivity contribution in [1.29, 1.82) is 0 Å². The molecule has 8 rings (SSSR count). The molecule has 2 amide bonds. The third kappa shape index (κ3) is 10.5. The topological polar surface area (TPSA) is 40.6 Å². The molecule has 4 aromatic heterocycles. The van der Waals surface area contributed by atoms with Crippen LogP contribution in [-0.2, 0) is 33.3 Å². The zero-order valence-corrected chi connectivity index (χ0v) is 43.7. The van der Waals surface area contributed by atoms with E-state index in [4.69, 9.17) is 0 Å². The molecule has 346 valence electrons. The second-order valence-electron chi connectivity index (χ2n) is 20.3. The summed E-state index contributed by atoms with van der Waals surface area (Å²) in [6, 6.07) is 30.0. The van der Waals surface area contributed by atoms with Crippen LogP contribution in [0.15, 0.2) is 107 Å². The molecule has 0 saturated heterocycles. The number of unbranched alkanes of at least 4 members (excludes halogenated alkanes) is 10. The number of rotatable bonds is 20. The van der Waals surface area contributed by atoms with Crippen molar-refractivity contribution in [2.45, 2.75) is 156 Å². The Balaban J connectivity index is 1.21. The van der Waals surface area contributed by atoms with E-state index in [0.29, 0.717) is 22.5 Å². The van der Waals surface area contributed by atoms with Crippen LogP contribution >= 0.6 is 45.3 Å². The van der Waals surface area contributed by atoms with E-state index in [1.165, 1.54) is 109 Å². The Morgan fingerprint density at radius 3 is 1.14 bits per heavy atom. The normalized spacial score (nSPS) is 14.5. The first-order valence-electron chi connectivity index (χ1n) is 24.5. The molecule has 2 aliphatic rings. The number of carbonyl (C=O) groups is 2. The SMILES string of the molecule is CCCCCCCCc1csc(-c2ccc(C3=C4C(=C(c5ccc(-c6cc(CCCCCCCC)cs6)s5)C(=O)N4c4ccc(C(C)(C)C)cc4)N(c4ccc(C(C)(C)C)cc4)C3=O)s2)c1. The maximum absolute atomic E-state index is 15.5. The van der Waals surface area contributed by atoms with E-state index in [1.807, 2.05) is 9.80 Å². The molecule has 8 heteroatoms. The Hall–Kier alpha value is -4.34. The van der Waals surface area contributed by atoms with E-state index in [-0.39, 0.29) is 22.6 Å². The summed E-state index contributed by atoms with van der Waals surface area (Å²) >= 11 is 6.88. The maximum atomic E-state index is 15.5. The van der Waals surface area contributed by atoms with E-state index >= 15 is 9.59 Å². The lowest BCUT2D eigenvalue weighted by Crippen LogP contribution is -2.27. The van der Waals surface area contributed by atoms with Crippen LogP contribution in [0.4, 0.5) is 11.4 Å². The predicted octanol–water partition coefficient (Wildman–Crippen LogP) is 17.9. The fourth-order valence-corrected chi connectivity index (χ4v) is 13.3. The van der Waals surface area contributed by atoms with Crippen molar-refractivity contribution >= 4 is 79.7 Å². The second-order valence-corrected chi connectivity index (χ2v) is 24.3. The highest BCUT2D eigenvalue weighted by atomic mass is 32.1. The molecule has 0 bridgehead atoms. The summed E-state index contributed by atoms with van der Waals surface area (Å²) < 4.78 is 0. The van der Waals surface area contributed by atoms with Crippen molar-refractivity contribution in [2.75, 3.05) is 9.80 Å². The second kappa shape index (κ2) is 20.9. The standard InChI is InChI=1S/C58H68N2O2S4/c1-9-11-13-15-17-19-21-39-35-49(63-37-39)45-31-33-47(65-45)51-53-54(60(55(51)61)44-29-25-42(26-30-44)58(6,7)8)52(56(62)59(53)43-27-23-41(24-28-43)57(3,4)5)48-34-32-46(66-48)50-36-40(38-64-50)22-20-18-16-14-12-10-2/h23-38H,9-22H2,1-8H3. The Morgan fingerprint density at radius 1 is 0.424 bits per heavy atom. The number of nitrogens with zero attached hydrogens (tertiary/aromatic N) is 2. The number of carbonyl (C=O) groups excluding carboxylic acids is 2. The van der Waals surface area contributed by atoms with Crippen molar-refractivity contribution in [2.24, 2.45) is 0 Å². The predicted molar refractivity (Wildman–Crippen MR) is 289 cm³/mol. The van der Waals surface area contributed by atoms with Crippen LogP contribution in [0.3, 0.4) is 0 Å². The lowest BCUT2D eigenvalue weighted by molar-refractivity contribution is -0.112. The minimum absolute atomic E-state index is 0.0563. The van der Waals surface area contributed by atoms with Crippen LogP contribution < -0.4 is 9.80 Å². The van der Waals surface area contributed by atoms with Crippen LogP contribution in [-0.4, -0.2) is 11.8 Å². The molecule has 0 unspecified atom stereocenters. The fourth-order valence-electron chi connectivity index (χ4n) is 9.16. The van der Waals surface area contributed by atoms with Crippen LogP contribution in [0, 0.1) is 0 Å². The number of anilines is 2. The molecule has 0 spiro atoms. The maximum Gasteiger partial charge on any atom is 0.266 e. The first kappa shape index (κ1) is 48.1. The molecule has 6 aromatic rings. The van der Waals surface area contributed by atoms with Crippen LogP contribution in [0.2, 0.25) is 0 Å². The first-order valence-corrected chi connectivity index (χ1v) is 27.9. The highest BCUT2D eigenvalue weighted by molar-refractivity contribution is 7.23. The zero-order chi connectivity index (χ0) is 46.6. The summed E-state index contributed by atoms with van der Waals surface area (Å²) in [5.41, 5.74) is 9.03. The molecule has 0 fully saturated rings. The van der Waals surface area contributed by atoms with Crippen LogP contribution in [0.5, 0.6) is 0 Å². The largest absolute Gasteiger partial charge is 0.274 e. The van der Waals surface area contributed by atoms with Gasteiger partial charge >= 0.3 is 0 Å². The highest BCUT2D eigenvalue weighted by Gasteiger charge is 2.50. The number of hydrogen-bond donors (Lipinski definition) is 0. The molecule has 0 radical (unpaired) electrons. The van der Waals surface area contributed by atoms with E-state index in [2.05, 4.69) is 151 Å². The van der Waals surface area contributed by atoms with E-state index in [1.54, 1.807) is 45.3 Å². The number of hydrogen-bond acceptors (Lipinski definition) is 6. The monoisotopic (exact) mass is 952 g/mol. The van der Waals surface area contributed by atoms with Crippen molar-refractivity contribution in [3.63, 3.8) is 0 Å². The molecule has 6 heterocycles. The van der Waals surface area contributed by atoms with Gasteiger partial charge in [0.2, 0.25) is 0 Å². The summed E-state index contributed by atoms with van der Waals surface area (Å²) in [4.78, 5) is 41.2. The first-order chi connectivity index (χ1) is 31.8. The molecule has 0 saturated carbocycles. The molecule has 2 aliphatic heterocycles. The average molecular weight is 953 g/mol. The van der Waals surface area contributed by atoms with E-state index < -0.39 is 0 Å². The molecular formula is C58H68N2O2S4. The molecule has 0 N–H and O–H groups in total. The summed E-state index contributed by atoms with van der Waals surface area (Å²) in [5, 5.41) is 4.61. The van der Waals surface area contributed by atoms with Crippen LogP contribution in [0.25, 0.3) is 30.7 Å². The summed E-state index contributed by atoms with van der Waals surface area (Å²) in [5.74, 6) is -0.218. The Morgan fingerprint density at radius 2 is 0.773 bits per heavy atom. The Bertz CT molecular complexity index is 2500.